The zero-order valence-electron chi connectivity index (χ0n) is 10.8. The highest BCUT2D eigenvalue weighted by Crippen LogP contribution is 2.29. The third kappa shape index (κ3) is 2.32. The number of nitrogens with zero attached hydrogens (tertiary/aromatic N) is 1. The predicted octanol–water partition coefficient (Wildman–Crippen LogP) is 2.77. The molecular weight excluding hydrogens is 230 g/mol. The molecule has 1 aromatic carbocycles. The van der Waals surface area contributed by atoms with E-state index >= 15 is 0 Å². The molecule has 0 unspecified atom stereocenters. The Morgan fingerprint density at radius 1 is 1.44 bits per heavy atom. The van der Waals surface area contributed by atoms with Crippen LogP contribution in [-0.4, -0.2) is 22.2 Å². The molecular formula is C14H17NO3. The maximum absolute atomic E-state index is 10.5. The van der Waals surface area contributed by atoms with Crippen molar-refractivity contribution in [3.05, 3.63) is 30.0 Å². The maximum atomic E-state index is 10.5. The van der Waals surface area contributed by atoms with Crippen LogP contribution in [0.3, 0.4) is 0 Å². The summed E-state index contributed by atoms with van der Waals surface area (Å²) in [5.74, 6) is 0.0497. The van der Waals surface area contributed by atoms with Crippen LogP contribution in [0.15, 0.2) is 24.4 Å². The molecule has 18 heavy (non-hydrogen) atoms. The normalized spacial score (nSPS) is 11.1. The second-order valence-corrected chi connectivity index (χ2v) is 4.71. The first-order chi connectivity index (χ1) is 8.49. The number of hydrogen-bond acceptors (Lipinski definition) is 2. The Bertz CT molecular complexity index is 584. The molecule has 1 N–H and O–H groups in total. The van der Waals surface area contributed by atoms with Gasteiger partial charge in [-0.05, 0) is 29.7 Å². The predicted molar refractivity (Wildman–Crippen MR) is 70.1 cm³/mol. The molecule has 4 heteroatoms. The van der Waals surface area contributed by atoms with Crippen LogP contribution in [0.2, 0.25) is 0 Å². The van der Waals surface area contributed by atoms with E-state index in [-0.39, 0.29) is 6.61 Å². The fraction of sp³-hybridized carbons (Fsp3) is 0.357. The first-order valence-corrected chi connectivity index (χ1v) is 5.92. The van der Waals surface area contributed by atoms with E-state index in [1.807, 2.05) is 19.2 Å². The van der Waals surface area contributed by atoms with Gasteiger partial charge < -0.3 is 14.4 Å². The molecule has 96 valence electrons. The monoisotopic (exact) mass is 247 g/mol. The topological polar surface area (TPSA) is 51.5 Å². The van der Waals surface area contributed by atoms with E-state index in [0.29, 0.717) is 11.7 Å². The van der Waals surface area contributed by atoms with Gasteiger partial charge in [-0.3, -0.25) is 0 Å². The number of carboxylic acid groups (broad SMARTS) is 1. The van der Waals surface area contributed by atoms with Crippen LogP contribution in [0.4, 0.5) is 0 Å². The average molecular weight is 247 g/mol. The van der Waals surface area contributed by atoms with Crippen molar-refractivity contribution in [2.75, 3.05) is 6.61 Å². The van der Waals surface area contributed by atoms with Gasteiger partial charge in [-0.2, -0.15) is 0 Å². The molecule has 0 aliphatic rings. The van der Waals surface area contributed by atoms with Gasteiger partial charge in [-0.25, -0.2) is 4.79 Å². The Hall–Kier alpha value is -1.97. The fourth-order valence-electron chi connectivity index (χ4n) is 2.10. The van der Waals surface area contributed by atoms with Gasteiger partial charge in [0.05, 0.1) is 0 Å². The highest BCUT2D eigenvalue weighted by molar-refractivity contribution is 5.86. The summed E-state index contributed by atoms with van der Waals surface area (Å²) in [6.45, 7) is 3.97. The Balaban J connectivity index is 2.42. The van der Waals surface area contributed by atoms with Crippen molar-refractivity contribution in [1.29, 1.82) is 0 Å². The lowest BCUT2D eigenvalue weighted by molar-refractivity contribution is -0.139. The van der Waals surface area contributed by atoms with Crippen molar-refractivity contribution in [2.24, 2.45) is 7.05 Å². The summed E-state index contributed by atoms with van der Waals surface area (Å²) >= 11 is 0. The fourth-order valence-corrected chi connectivity index (χ4v) is 2.10. The largest absolute Gasteiger partial charge is 0.482 e. The summed E-state index contributed by atoms with van der Waals surface area (Å²) < 4.78 is 7.29. The van der Waals surface area contributed by atoms with Crippen LogP contribution in [0.5, 0.6) is 5.75 Å². The minimum atomic E-state index is -0.966. The van der Waals surface area contributed by atoms with Crippen LogP contribution in [-0.2, 0) is 11.8 Å². The van der Waals surface area contributed by atoms with E-state index in [4.69, 9.17) is 9.84 Å². The van der Waals surface area contributed by atoms with E-state index in [9.17, 15) is 4.79 Å². The second-order valence-electron chi connectivity index (χ2n) is 4.71. The van der Waals surface area contributed by atoms with Crippen molar-refractivity contribution in [3.8, 4) is 5.75 Å². The molecule has 0 fully saturated rings. The number of aliphatic carboxylic acids is 1. The highest BCUT2D eigenvalue weighted by atomic mass is 16.5. The van der Waals surface area contributed by atoms with Crippen molar-refractivity contribution in [1.82, 2.24) is 4.57 Å². The van der Waals surface area contributed by atoms with Gasteiger partial charge in [0.1, 0.15) is 5.75 Å². The Kier molecular flexibility index (Phi) is 3.28. The molecule has 1 aromatic heterocycles. The molecule has 0 amide bonds. The molecule has 2 aromatic rings. The lowest BCUT2D eigenvalue weighted by Gasteiger charge is -2.06. The van der Waals surface area contributed by atoms with Gasteiger partial charge in [0.25, 0.3) is 0 Å². The molecule has 0 aliphatic carbocycles. The first kappa shape index (κ1) is 12.5. The molecule has 0 saturated heterocycles. The lowest BCUT2D eigenvalue weighted by atomic mass is 10.0. The van der Waals surface area contributed by atoms with E-state index in [1.165, 1.54) is 5.56 Å². The van der Waals surface area contributed by atoms with Gasteiger partial charge in [0, 0.05) is 24.1 Å². The van der Waals surface area contributed by atoms with Crippen molar-refractivity contribution in [2.45, 2.75) is 19.8 Å². The minimum absolute atomic E-state index is 0.310. The number of aromatic nitrogens is 1. The quantitative estimate of drug-likeness (QED) is 0.903. The number of hydrogen-bond donors (Lipinski definition) is 1. The Labute approximate surface area is 106 Å². The molecule has 0 spiro atoms. The van der Waals surface area contributed by atoms with Gasteiger partial charge in [0.2, 0.25) is 0 Å². The summed E-state index contributed by atoms with van der Waals surface area (Å²) in [5, 5.41) is 9.73. The number of ether oxygens (including phenoxy) is 1. The van der Waals surface area contributed by atoms with Crippen molar-refractivity contribution in [3.63, 3.8) is 0 Å². The van der Waals surface area contributed by atoms with E-state index < -0.39 is 5.97 Å². The van der Waals surface area contributed by atoms with Crippen LogP contribution in [0, 0.1) is 0 Å². The van der Waals surface area contributed by atoms with Gasteiger partial charge in [-0.15, -0.1) is 0 Å². The summed E-state index contributed by atoms with van der Waals surface area (Å²) in [4.78, 5) is 10.5. The van der Waals surface area contributed by atoms with E-state index in [2.05, 4.69) is 24.6 Å². The zero-order valence-corrected chi connectivity index (χ0v) is 10.8. The van der Waals surface area contributed by atoms with E-state index in [0.717, 1.165) is 10.9 Å². The van der Waals surface area contributed by atoms with Crippen LogP contribution in [0.1, 0.15) is 25.3 Å². The molecule has 0 radical (unpaired) electrons. The van der Waals surface area contributed by atoms with Crippen LogP contribution in [0.25, 0.3) is 10.9 Å². The third-order valence-corrected chi connectivity index (χ3v) is 2.98. The van der Waals surface area contributed by atoms with Crippen molar-refractivity contribution < 1.29 is 14.6 Å². The highest BCUT2D eigenvalue weighted by Gasteiger charge is 2.11. The van der Waals surface area contributed by atoms with Gasteiger partial charge >= 0.3 is 5.97 Å². The second kappa shape index (κ2) is 4.72. The maximum Gasteiger partial charge on any atom is 0.341 e. The Morgan fingerprint density at radius 3 is 2.78 bits per heavy atom. The summed E-state index contributed by atoms with van der Waals surface area (Å²) in [6.07, 6.45) is 2.11. The molecule has 0 aliphatic heterocycles. The number of rotatable bonds is 4. The summed E-state index contributed by atoms with van der Waals surface area (Å²) in [7, 11) is 2.01. The molecule has 0 saturated carbocycles. The standard InChI is InChI=1S/C14H17NO3/c1-9(2)12-7-15(3)13-5-4-10(6-11(12)13)18-8-14(16)17/h4-7,9H,8H2,1-3H3,(H,16,17). The molecule has 0 atom stereocenters. The number of carboxylic acids is 1. The zero-order chi connectivity index (χ0) is 13.3. The third-order valence-electron chi connectivity index (χ3n) is 2.98. The van der Waals surface area contributed by atoms with Crippen molar-refractivity contribution >= 4 is 16.9 Å². The molecule has 2 rings (SSSR count). The van der Waals surface area contributed by atoms with Crippen LogP contribution < -0.4 is 4.74 Å². The smallest absolute Gasteiger partial charge is 0.341 e. The number of aryl methyl sites for hydroxylation is 1. The minimum Gasteiger partial charge on any atom is -0.482 e. The number of benzene rings is 1. The lowest BCUT2D eigenvalue weighted by Crippen LogP contribution is -2.09. The molecule has 1 heterocycles. The summed E-state index contributed by atoms with van der Waals surface area (Å²) in [5.41, 5.74) is 2.37. The van der Waals surface area contributed by atoms with E-state index in [1.54, 1.807) is 6.07 Å². The van der Waals surface area contributed by atoms with Gasteiger partial charge in [-0.1, -0.05) is 13.8 Å². The molecule has 0 bridgehead atoms. The Morgan fingerprint density at radius 2 is 2.17 bits per heavy atom. The number of carbonyl (C=O) groups is 1. The summed E-state index contributed by atoms with van der Waals surface area (Å²) in [6, 6.07) is 5.67. The SMILES string of the molecule is CC(C)c1cn(C)c2ccc(OCC(=O)O)cc12. The molecule has 4 nitrogen and oxygen atoms in total. The van der Waals surface area contributed by atoms with Crippen LogP contribution >= 0.6 is 0 Å². The average Bonchev–Trinajstić information content (AvgIpc) is 2.64. The first-order valence-electron chi connectivity index (χ1n) is 5.92. The van der Waals surface area contributed by atoms with Gasteiger partial charge in [0.15, 0.2) is 6.61 Å². The number of fused-ring (bicyclic) bond motifs is 1.